The van der Waals surface area contributed by atoms with Crippen molar-refractivity contribution in [1.82, 2.24) is 9.55 Å². The highest BCUT2D eigenvalue weighted by atomic mass is 35.5. The molecule has 102 valence electrons. The van der Waals surface area contributed by atoms with E-state index >= 15 is 0 Å². The molecule has 0 N–H and O–H groups in total. The number of hydrogen-bond acceptors (Lipinski definition) is 1. The van der Waals surface area contributed by atoms with Gasteiger partial charge in [0, 0.05) is 11.6 Å². The monoisotopic (exact) mass is 296 g/mol. The van der Waals surface area contributed by atoms with Crippen LogP contribution in [0.5, 0.6) is 0 Å². The van der Waals surface area contributed by atoms with E-state index in [-0.39, 0.29) is 5.38 Å². The van der Waals surface area contributed by atoms with Gasteiger partial charge in [-0.25, -0.2) is 4.98 Å². The molecule has 1 fully saturated rings. The number of benzene rings is 1. The van der Waals surface area contributed by atoms with E-state index in [9.17, 15) is 0 Å². The highest BCUT2D eigenvalue weighted by Gasteiger charge is 2.33. The first kappa shape index (κ1) is 13.3. The summed E-state index contributed by atoms with van der Waals surface area (Å²) in [6.07, 6.45) is 3.91. The van der Waals surface area contributed by atoms with Crippen molar-refractivity contribution in [2.45, 2.75) is 45.0 Å². The SMILES string of the molecule is CC(Cl)c1nc2cc(Cl)ccc2n1CC1(C)CCC1. The number of nitrogens with zero attached hydrogens (tertiary/aromatic N) is 2. The predicted octanol–water partition coefficient (Wildman–Crippen LogP) is 5.18. The largest absolute Gasteiger partial charge is 0.326 e. The second kappa shape index (κ2) is 4.68. The summed E-state index contributed by atoms with van der Waals surface area (Å²) in [4.78, 5) is 4.66. The van der Waals surface area contributed by atoms with Crippen LogP contribution in [0.15, 0.2) is 18.2 Å². The van der Waals surface area contributed by atoms with Gasteiger partial charge in [0.2, 0.25) is 0 Å². The summed E-state index contributed by atoms with van der Waals surface area (Å²) in [6, 6.07) is 5.89. The van der Waals surface area contributed by atoms with Crippen molar-refractivity contribution in [1.29, 1.82) is 0 Å². The standard InChI is InChI=1S/C15H18Cl2N2/c1-10(16)14-18-12-8-11(17)4-5-13(12)19(14)9-15(2)6-3-7-15/h4-5,8,10H,3,6-7,9H2,1-2H3. The first-order valence-corrected chi connectivity index (χ1v) is 7.60. The quantitative estimate of drug-likeness (QED) is 0.714. The van der Waals surface area contributed by atoms with Gasteiger partial charge in [-0.2, -0.15) is 0 Å². The molecule has 0 bridgehead atoms. The zero-order chi connectivity index (χ0) is 13.6. The maximum absolute atomic E-state index is 6.29. The Morgan fingerprint density at radius 3 is 2.74 bits per heavy atom. The molecule has 2 nitrogen and oxygen atoms in total. The molecule has 0 aliphatic heterocycles. The van der Waals surface area contributed by atoms with Gasteiger partial charge < -0.3 is 4.57 Å². The van der Waals surface area contributed by atoms with Crippen LogP contribution in [0.2, 0.25) is 5.02 Å². The first-order chi connectivity index (χ1) is 8.98. The van der Waals surface area contributed by atoms with Crippen molar-refractivity contribution >= 4 is 34.2 Å². The summed E-state index contributed by atoms with van der Waals surface area (Å²) in [5.41, 5.74) is 2.48. The minimum atomic E-state index is -0.0881. The molecule has 0 saturated heterocycles. The highest BCUT2D eigenvalue weighted by Crippen LogP contribution is 2.43. The van der Waals surface area contributed by atoms with Gasteiger partial charge in [0.15, 0.2) is 0 Å². The van der Waals surface area contributed by atoms with Gasteiger partial charge in [-0.1, -0.05) is 24.9 Å². The van der Waals surface area contributed by atoms with Crippen LogP contribution < -0.4 is 0 Å². The molecular weight excluding hydrogens is 279 g/mol. The second-order valence-electron chi connectivity index (χ2n) is 5.97. The fourth-order valence-corrected chi connectivity index (χ4v) is 3.24. The number of aromatic nitrogens is 2. The Morgan fingerprint density at radius 2 is 2.16 bits per heavy atom. The second-order valence-corrected chi connectivity index (χ2v) is 7.06. The normalized spacial score (nSPS) is 19.4. The van der Waals surface area contributed by atoms with Crippen molar-refractivity contribution in [3.8, 4) is 0 Å². The van der Waals surface area contributed by atoms with Crippen molar-refractivity contribution < 1.29 is 0 Å². The number of halogens is 2. The van der Waals surface area contributed by atoms with Crippen LogP contribution in [0.25, 0.3) is 11.0 Å². The molecule has 1 aromatic heterocycles. The molecule has 3 rings (SSSR count). The van der Waals surface area contributed by atoms with E-state index in [1.807, 2.05) is 19.1 Å². The van der Waals surface area contributed by atoms with Crippen LogP contribution in [-0.4, -0.2) is 9.55 Å². The summed E-state index contributed by atoms with van der Waals surface area (Å²) < 4.78 is 2.28. The summed E-state index contributed by atoms with van der Waals surface area (Å²) in [6.45, 7) is 5.32. The first-order valence-electron chi connectivity index (χ1n) is 6.78. The Hall–Kier alpha value is -0.730. The van der Waals surface area contributed by atoms with Crippen molar-refractivity contribution in [2.24, 2.45) is 5.41 Å². The fourth-order valence-electron chi connectivity index (χ4n) is 2.91. The lowest BCUT2D eigenvalue weighted by Gasteiger charge is -2.39. The number of hydrogen-bond donors (Lipinski definition) is 0. The van der Waals surface area contributed by atoms with E-state index in [1.54, 1.807) is 0 Å². The van der Waals surface area contributed by atoms with Crippen molar-refractivity contribution in [2.75, 3.05) is 0 Å². The molecule has 1 heterocycles. The number of fused-ring (bicyclic) bond motifs is 1. The van der Waals surface area contributed by atoms with E-state index in [1.165, 1.54) is 19.3 Å². The van der Waals surface area contributed by atoms with Crippen LogP contribution in [0, 0.1) is 5.41 Å². The van der Waals surface area contributed by atoms with Gasteiger partial charge in [0.05, 0.1) is 16.4 Å². The maximum atomic E-state index is 6.29. The fraction of sp³-hybridized carbons (Fsp3) is 0.533. The zero-order valence-electron chi connectivity index (χ0n) is 11.3. The summed E-state index contributed by atoms with van der Waals surface area (Å²) in [5, 5.41) is 0.635. The molecule has 2 aromatic rings. The Kier molecular flexibility index (Phi) is 3.26. The van der Waals surface area contributed by atoms with Crippen LogP contribution in [-0.2, 0) is 6.54 Å². The van der Waals surface area contributed by atoms with Crippen LogP contribution in [0.3, 0.4) is 0 Å². The molecule has 0 radical (unpaired) electrons. The van der Waals surface area contributed by atoms with E-state index in [4.69, 9.17) is 23.2 Å². The van der Waals surface area contributed by atoms with Crippen LogP contribution in [0.4, 0.5) is 0 Å². The average Bonchev–Trinajstić information content (AvgIpc) is 2.65. The number of imidazole rings is 1. The molecule has 4 heteroatoms. The van der Waals surface area contributed by atoms with E-state index in [0.717, 1.165) is 28.4 Å². The van der Waals surface area contributed by atoms with Gasteiger partial charge in [0.25, 0.3) is 0 Å². The molecular formula is C15H18Cl2N2. The van der Waals surface area contributed by atoms with Gasteiger partial charge in [-0.3, -0.25) is 0 Å². The lowest BCUT2D eigenvalue weighted by Crippen LogP contribution is -2.31. The molecule has 0 amide bonds. The molecule has 19 heavy (non-hydrogen) atoms. The minimum absolute atomic E-state index is 0.0881. The molecule has 1 unspecified atom stereocenters. The van der Waals surface area contributed by atoms with E-state index in [0.29, 0.717) is 5.41 Å². The highest BCUT2D eigenvalue weighted by molar-refractivity contribution is 6.31. The molecule has 1 atom stereocenters. The molecule has 1 aromatic carbocycles. The Morgan fingerprint density at radius 1 is 1.42 bits per heavy atom. The lowest BCUT2D eigenvalue weighted by atomic mass is 9.70. The molecule has 0 spiro atoms. The van der Waals surface area contributed by atoms with Gasteiger partial charge in [0.1, 0.15) is 5.82 Å². The van der Waals surface area contributed by atoms with Crippen LogP contribution in [0.1, 0.15) is 44.3 Å². The Balaban J connectivity index is 2.11. The third-order valence-electron chi connectivity index (χ3n) is 4.20. The van der Waals surface area contributed by atoms with Crippen molar-refractivity contribution in [3.05, 3.63) is 29.0 Å². The molecule has 1 aliphatic carbocycles. The Bertz CT molecular complexity index is 612. The molecule has 1 saturated carbocycles. The van der Waals surface area contributed by atoms with Gasteiger partial charge in [-0.15, -0.1) is 11.6 Å². The Labute approximate surface area is 123 Å². The third kappa shape index (κ3) is 2.36. The summed E-state index contributed by atoms with van der Waals surface area (Å²) >= 11 is 12.3. The van der Waals surface area contributed by atoms with E-state index in [2.05, 4.69) is 22.5 Å². The number of alkyl halides is 1. The number of rotatable bonds is 3. The van der Waals surface area contributed by atoms with Crippen molar-refractivity contribution in [3.63, 3.8) is 0 Å². The zero-order valence-corrected chi connectivity index (χ0v) is 12.8. The lowest BCUT2D eigenvalue weighted by molar-refractivity contribution is 0.132. The average molecular weight is 297 g/mol. The van der Waals surface area contributed by atoms with Crippen LogP contribution >= 0.6 is 23.2 Å². The summed E-state index contributed by atoms with van der Waals surface area (Å²) in [7, 11) is 0. The smallest absolute Gasteiger partial charge is 0.127 e. The predicted molar refractivity (Wildman–Crippen MR) is 81.0 cm³/mol. The molecule has 1 aliphatic rings. The van der Waals surface area contributed by atoms with Gasteiger partial charge >= 0.3 is 0 Å². The summed E-state index contributed by atoms with van der Waals surface area (Å²) in [5.74, 6) is 0.951. The van der Waals surface area contributed by atoms with Gasteiger partial charge in [-0.05, 0) is 43.4 Å². The minimum Gasteiger partial charge on any atom is -0.326 e. The third-order valence-corrected chi connectivity index (χ3v) is 4.63. The topological polar surface area (TPSA) is 17.8 Å². The maximum Gasteiger partial charge on any atom is 0.127 e. The van der Waals surface area contributed by atoms with E-state index < -0.39 is 0 Å².